The quantitative estimate of drug-likeness (QED) is 0.747. The normalized spacial score (nSPS) is 10.6. The predicted molar refractivity (Wildman–Crippen MR) is 79.9 cm³/mol. The van der Waals surface area contributed by atoms with Crippen molar-refractivity contribution in [1.82, 2.24) is 25.0 Å². The summed E-state index contributed by atoms with van der Waals surface area (Å²) in [5.74, 6) is -0.541. The molecular weight excluding hydrogens is 306 g/mol. The lowest BCUT2D eigenvalue weighted by atomic mass is 10.1. The minimum atomic E-state index is -0.541. The molecule has 0 aliphatic rings. The summed E-state index contributed by atoms with van der Waals surface area (Å²) < 4.78 is 6.78. The van der Waals surface area contributed by atoms with Gasteiger partial charge in [0.1, 0.15) is 5.69 Å². The fourth-order valence-corrected chi connectivity index (χ4v) is 2.29. The third-order valence-corrected chi connectivity index (χ3v) is 3.34. The SMILES string of the molecule is CCOC(=O)c1n[nH]nc1-c1ccc(-n2ccnc2)cc1Cl. The van der Waals surface area contributed by atoms with Crippen molar-refractivity contribution in [1.29, 1.82) is 0 Å². The molecule has 0 saturated heterocycles. The Bertz CT molecular complexity index is 797. The lowest BCUT2D eigenvalue weighted by Gasteiger charge is -2.07. The van der Waals surface area contributed by atoms with E-state index >= 15 is 0 Å². The van der Waals surface area contributed by atoms with E-state index in [9.17, 15) is 4.79 Å². The molecule has 0 atom stereocenters. The number of carbonyl (C=O) groups excluding carboxylic acids is 1. The molecule has 0 bridgehead atoms. The maximum Gasteiger partial charge on any atom is 0.361 e. The summed E-state index contributed by atoms with van der Waals surface area (Å²) in [5, 5.41) is 10.7. The maximum atomic E-state index is 11.9. The minimum absolute atomic E-state index is 0.110. The van der Waals surface area contributed by atoms with Crippen LogP contribution in [0.4, 0.5) is 0 Å². The van der Waals surface area contributed by atoms with E-state index in [4.69, 9.17) is 16.3 Å². The highest BCUT2D eigenvalue weighted by Crippen LogP contribution is 2.30. The van der Waals surface area contributed by atoms with Gasteiger partial charge >= 0.3 is 5.97 Å². The van der Waals surface area contributed by atoms with Crippen LogP contribution in [0.3, 0.4) is 0 Å². The topological polar surface area (TPSA) is 85.7 Å². The van der Waals surface area contributed by atoms with Crippen molar-refractivity contribution < 1.29 is 9.53 Å². The van der Waals surface area contributed by atoms with Gasteiger partial charge in [-0.25, -0.2) is 9.78 Å². The number of imidazole rings is 1. The number of rotatable bonds is 4. The van der Waals surface area contributed by atoms with Crippen LogP contribution in [0.25, 0.3) is 16.9 Å². The van der Waals surface area contributed by atoms with E-state index in [0.717, 1.165) is 5.69 Å². The second-order valence-electron chi connectivity index (χ2n) is 4.38. The highest BCUT2D eigenvalue weighted by molar-refractivity contribution is 6.33. The van der Waals surface area contributed by atoms with Gasteiger partial charge in [-0.3, -0.25) is 0 Å². The molecule has 7 nitrogen and oxygen atoms in total. The highest BCUT2D eigenvalue weighted by atomic mass is 35.5. The van der Waals surface area contributed by atoms with Gasteiger partial charge in [-0.15, -0.1) is 5.10 Å². The molecule has 8 heteroatoms. The molecule has 3 aromatic rings. The van der Waals surface area contributed by atoms with Gasteiger partial charge in [0, 0.05) is 23.6 Å². The van der Waals surface area contributed by atoms with Gasteiger partial charge in [0.2, 0.25) is 0 Å². The Hall–Kier alpha value is -2.67. The average Bonchev–Trinajstić information content (AvgIpc) is 3.19. The molecule has 3 rings (SSSR count). The van der Waals surface area contributed by atoms with Crippen LogP contribution in [0.15, 0.2) is 36.9 Å². The van der Waals surface area contributed by atoms with E-state index in [-0.39, 0.29) is 12.3 Å². The Morgan fingerprint density at radius 2 is 2.27 bits per heavy atom. The number of aromatic nitrogens is 5. The first-order valence-corrected chi connectivity index (χ1v) is 6.94. The van der Waals surface area contributed by atoms with Gasteiger partial charge in [0.25, 0.3) is 0 Å². The lowest BCUT2D eigenvalue weighted by Crippen LogP contribution is -2.07. The lowest BCUT2D eigenvalue weighted by molar-refractivity contribution is 0.0520. The van der Waals surface area contributed by atoms with E-state index in [2.05, 4.69) is 20.4 Å². The van der Waals surface area contributed by atoms with E-state index < -0.39 is 5.97 Å². The van der Waals surface area contributed by atoms with Crippen LogP contribution in [0.1, 0.15) is 17.4 Å². The van der Waals surface area contributed by atoms with Crippen molar-refractivity contribution >= 4 is 17.6 Å². The molecule has 2 heterocycles. The smallest absolute Gasteiger partial charge is 0.361 e. The second-order valence-corrected chi connectivity index (χ2v) is 4.78. The number of nitrogens with one attached hydrogen (secondary N) is 1. The molecule has 0 fully saturated rings. The van der Waals surface area contributed by atoms with E-state index in [1.54, 1.807) is 31.6 Å². The summed E-state index contributed by atoms with van der Waals surface area (Å²) in [4.78, 5) is 15.9. The van der Waals surface area contributed by atoms with Crippen LogP contribution in [0.2, 0.25) is 5.02 Å². The summed E-state index contributed by atoms with van der Waals surface area (Å²) in [6, 6.07) is 5.40. The van der Waals surface area contributed by atoms with Crippen molar-refractivity contribution in [3.8, 4) is 16.9 Å². The zero-order valence-electron chi connectivity index (χ0n) is 11.7. The molecule has 0 unspecified atom stereocenters. The maximum absolute atomic E-state index is 11.9. The van der Waals surface area contributed by atoms with Crippen molar-refractivity contribution in [2.45, 2.75) is 6.92 Å². The number of hydrogen-bond acceptors (Lipinski definition) is 5. The first-order chi connectivity index (χ1) is 10.7. The van der Waals surface area contributed by atoms with Gasteiger partial charge < -0.3 is 9.30 Å². The summed E-state index contributed by atoms with van der Waals surface area (Å²) in [5.41, 5.74) is 1.93. The van der Waals surface area contributed by atoms with Crippen molar-refractivity contribution in [2.75, 3.05) is 6.61 Å². The molecule has 2 aromatic heterocycles. The predicted octanol–water partition coefficient (Wildman–Crippen LogP) is 2.49. The highest BCUT2D eigenvalue weighted by Gasteiger charge is 2.21. The second kappa shape index (κ2) is 5.98. The molecule has 0 aliphatic heterocycles. The Morgan fingerprint density at radius 1 is 1.41 bits per heavy atom. The average molecular weight is 318 g/mol. The number of nitrogens with zero attached hydrogens (tertiary/aromatic N) is 4. The monoisotopic (exact) mass is 317 g/mol. The van der Waals surface area contributed by atoms with Crippen LogP contribution >= 0.6 is 11.6 Å². The summed E-state index contributed by atoms with van der Waals surface area (Å²) in [6.45, 7) is 1.99. The molecule has 0 saturated carbocycles. The number of halogens is 1. The summed E-state index contributed by atoms with van der Waals surface area (Å²) in [7, 11) is 0. The fourth-order valence-electron chi connectivity index (χ4n) is 2.03. The number of carbonyl (C=O) groups is 1. The van der Waals surface area contributed by atoms with E-state index in [1.807, 2.05) is 16.8 Å². The summed E-state index contributed by atoms with van der Waals surface area (Å²) in [6.07, 6.45) is 5.16. The van der Waals surface area contributed by atoms with Crippen molar-refractivity contribution in [3.63, 3.8) is 0 Å². The number of aromatic amines is 1. The number of esters is 1. The number of ether oxygens (including phenoxy) is 1. The third-order valence-electron chi connectivity index (χ3n) is 3.03. The first kappa shape index (κ1) is 14.3. The number of H-pyrrole nitrogens is 1. The van der Waals surface area contributed by atoms with Crippen LogP contribution in [0.5, 0.6) is 0 Å². The number of hydrogen-bond donors (Lipinski definition) is 1. The Kier molecular flexibility index (Phi) is 3.88. The van der Waals surface area contributed by atoms with E-state index in [0.29, 0.717) is 16.3 Å². The number of benzene rings is 1. The molecule has 0 radical (unpaired) electrons. The van der Waals surface area contributed by atoms with Crippen molar-refractivity contribution in [2.24, 2.45) is 0 Å². The largest absolute Gasteiger partial charge is 0.461 e. The molecule has 1 aromatic carbocycles. The van der Waals surface area contributed by atoms with E-state index in [1.165, 1.54) is 0 Å². The van der Waals surface area contributed by atoms with Gasteiger partial charge in [0.05, 0.1) is 18.0 Å². The third kappa shape index (κ3) is 2.58. The van der Waals surface area contributed by atoms with Gasteiger partial charge in [-0.1, -0.05) is 11.6 Å². The standard InChI is InChI=1S/C14H12ClN5O2/c1-2-22-14(21)13-12(17-19-18-13)10-4-3-9(7-11(10)15)20-6-5-16-8-20/h3-8H,2H2,1H3,(H,17,18,19). The van der Waals surface area contributed by atoms with Crippen LogP contribution in [-0.4, -0.2) is 37.5 Å². The molecule has 0 aliphatic carbocycles. The molecule has 0 amide bonds. The van der Waals surface area contributed by atoms with Crippen LogP contribution in [-0.2, 0) is 4.74 Å². The van der Waals surface area contributed by atoms with Crippen LogP contribution in [0, 0.1) is 0 Å². The van der Waals surface area contributed by atoms with Crippen LogP contribution < -0.4 is 0 Å². The Balaban J connectivity index is 2.00. The molecule has 22 heavy (non-hydrogen) atoms. The van der Waals surface area contributed by atoms with Crippen molar-refractivity contribution in [3.05, 3.63) is 47.6 Å². The molecule has 0 spiro atoms. The molecular formula is C14H12ClN5O2. The Morgan fingerprint density at radius 3 is 2.95 bits per heavy atom. The molecule has 112 valence electrons. The van der Waals surface area contributed by atoms with Gasteiger partial charge in [-0.05, 0) is 25.1 Å². The fraction of sp³-hybridized carbons (Fsp3) is 0.143. The zero-order chi connectivity index (χ0) is 15.5. The molecule has 1 N–H and O–H groups in total. The Labute approximate surface area is 130 Å². The zero-order valence-corrected chi connectivity index (χ0v) is 12.4. The van der Waals surface area contributed by atoms with Gasteiger partial charge in [-0.2, -0.15) is 10.3 Å². The minimum Gasteiger partial charge on any atom is -0.461 e. The van der Waals surface area contributed by atoms with Gasteiger partial charge in [0.15, 0.2) is 5.69 Å². The summed E-state index contributed by atoms with van der Waals surface area (Å²) >= 11 is 6.32. The first-order valence-electron chi connectivity index (χ1n) is 6.57.